The van der Waals surface area contributed by atoms with Crippen molar-refractivity contribution in [1.82, 2.24) is 14.7 Å². The second-order valence-electron chi connectivity index (χ2n) is 5.10. The highest BCUT2D eigenvalue weighted by Gasteiger charge is 2.40. The third kappa shape index (κ3) is 4.54. The van der Waals surface area contributed by atoms with Crippen LogP contribution in [0.2, 0.25) is 0 Å². The van der Waals surface area contributed by atoms with Crippen molar-refractivity contribution in [3.8, 4) is 0 Å². The number of benzene rings is 1. The molecule has 0 aliphatic carbocycles. The quantitative estimate of drug-likeness (QED) is 0.572. The predicted molar refractivity (Wildman–Crippen MR) is 93.7 cm³/mol. The summed E-state index contributed by atoms with van der Waals surface area (Å²) in [7, 11) is 1.19. The first-order valence-corrected chi connectivity index (χ1v) is 7.74. The Hall–Kier alpha value is -2.67. The summed E-state index contributed by atoms with van der Waals surface area (Å²) in [5, 5.41) is 4.39. The predicted octanol–water partition coefficient (Wildman–Crippen LogP) is 2.80. The lowest BCUT2D eigenvalue weighted by atomic mass is 10.2. The van der Waals surface area contributed by atoms with Gasteiger partial charge in [-0.15, -0.1) is 0 Å². The third-order valence-electron chi connectivity index (χ3n) is 3.13. The van der Waals surface area contributed by atoms with Crippen LogP contribution < -0.4 is 11.1 Å². The Morgan fingerprint density at radius 2 is 1.89 bits per heavy atom. The van der Waals surface area contributed by atoms with Gasteiger partial charge in [0.05, 0.1) is 5.56 Å². The third-order valence-corrected chi connectivity index (χ3v) is 3.59. The normalized spacial score (nSPS) is 11.2. The van der Waals surface area contributed by atoms with Crippen molar-refractivity contribution in [2.75, 3.05) is 5.32 Å². The molecule has 0 aliphatic heterocycles. The molecule has 0 atom stereocenters. The smallest absolute Gasteiger partial charge is 0.375 e. The van der Waals surface area contributed by atoms with Crippen LogP contribution in [0.25, 0.3) is 0 Å². The average molecular weight is 423 g/mol. The number of nitrogens with two attached hydrogens (primary N) is 1. The molecule has 0 radical (unpaired) electrons. The minimum absolute atomic E-state index is 0.0739. The van der Waals surface area contributed by atoms with E-state index in [2.05, 4.69) is 22.6 Å². The molecule has 2 rings (SSSR count). The van der Waals surface area contributed by atoms with Gasteiger partial charge in [0.1, 0.15) is 0 Å². The van der Waals surface area contributed by atoms with Gasteiger partial charge in [-0.05, 0) is 36.6 Å². The lowest BCUT2D eigenvalue weighted by molar-refractivity contribution is -0.141. The van der Waals surface area contributed by atoms with Gasteiger partial charge in [0.25, 0.3) is 5.91 Å². The van der Waals surface area contributed by atoms with Crippen LogP contribution in [-0.2, 0) is 13.2 Å². The van der Waals surface area contributed by atoms with Gasteiger partial charge in [-0.2, -0.15) is 18.3 Å². The Labute approximate surface area is 159 Å². The first-order valence-electron chi connectivity index (χ1n) is 6.92. The molecule has 13 heteroatoms. The second-order valence-corrected chi connectivity index (χ2v) is 5.91. The molecule has 0 unspecified atom stereocenters. The van der Waals surface area contributed by atoms with Crippen molar-refractivity contribution >= 4 is 46.3 Å². The Kier molecular flexibility index (Phi) is 5.75. The number of anilines is 1. The maximum Gasteiger partial charge on any atom is 0.435 e. The first-order chi connectivity index (χ1) is 12.4. The van der Waals surface area contributed by atoms with E-state index in [1.807, 2.05) is 0 Å². The number of hydrogen-bond acceptors (Lipinski definition) is 4. The number of halogens is 5. The van der Waals surface area contributed by atoms with E-state index < -0.39 is 45.2 Å². The standard InChI is InChI=1S/C14H10F5N5OS2/c1-23-5-7(10(22-23)14(17,18)19)11(25)24(12(20)26)13(27)21-6-2-3-8(15)9(16)4-6/h2-5H,1H3,(H2,20,26)(H,21,27). The molecular formula is C14H10F5N5OS2. The summed E-state index contributed by atoms with van der Waals surface area (Å²) in [6.07, 6.45) is -4.08. The first kappa shape index (κ1) is 20.6. The number of carbonyl (C=O) groups is 1. The number of nitrogens with one attached hydrogen (secondary N) is 1. The molecule has 0 fully saturated rings. The van der Waals surface area contributed by atoms with Crippen molar-refractivity contribution in [3.63, 3.8) is 0 Å². The number of amides is 1. The maximum atomic E-state index is 13.3. The number of alkyl halides is 3. The maximum absolute atomic E-state index is 13.3. The summed E-state index contributed by atoms with van der Waals surface area (Å²) in [5.74, 6) is -3.62. The molecule has 6 nitrogen and oxygen atoms in total. The largest absolute Gasteiger partial charge is 0.435 e. The van der Waals surface area contributed by atoms with E-state index in [9.17, 15) is 26.7 Å². The van der Waals surface area contributed by atoms with Gasteiger partial charge in [0.15, 0.2) is 27.6 Å². The lowest BCUT2D eigenvalue weighted by Crippen LogP contribution is -2.47. The second kappa shape index (κ2) is 7.52. The van der Waals surface area contributed by atoms with Crippen LogP contribution in [0, 0.1) is 11.6 Å². The number of hydrogen-bond donors (Lipinski definition) is 2. The van der Waals surface area contributed by atoms with Crippen molar-refractivity contribution in [3.05, 3.63) is 47.3 Å². The molecule has 27 heavy (non-hydrogen) atoms. The number of carbonyl (C=O) groups excluding carboxylic acids is 1. The zero-order valence-corrected chi connectivity index (χ0v) is 15.0. The minimum Gasteiger partial charge on any atom is -0.375 e. The summed E-state index contributed by atoms with van der Waals surface area (Å²) in [4.78, 5) is 13.0. The van der Waals surface area contributed by atoms with Crippen molar-refractivity contribution in [2.45, 2.75) is 6.18 Å². The lowest BCUT2D eigenvalue weighted by Gasteiger charge is -2.22. The number of nitrogens with zero attached hydrogens (tertiary/aromatic N) is 3. The Bertz CT molecular complexity index is 927. The van der Waals surface area contributed by atoms with Crippen LogP contribution in [0.1, 0.15) is 16.1 Å². The summed E-state index contributed by atoms with van der Waals surface area (Å²) in [5.41, 5.74) is 3.05. The molecule has 1 aromatic carbocycles. The van der Waals surface area contributed by atoms with Gasteiger partial charge in [-0.3, -0.25) is 9.48 Å². The van der Waals surface area contributed by atoms with E-state index in [1.54, 1.807) is 0 Å². The number of thiocarbonyl (C=S) groups is 2. The molecule has 0 aliphatic rings. The molecule has 2 aromatic rings. The molecule has 1 amide bonds. The van der Waals surface area contributed by atoms with Crippen LogP contribution in [0.5, 0.6) is 0 Å². The van der Waals surface area contributed by atoms with Crippen LogP contribution in [0.15, 0.2) is 24.4 Å². The summed E-state index contributed by atoms with van der Waals surface area (Å²) in [6.45, 7) is 0. The fraction of sp³-hybridized carbons (Fsp3) is 0.143. The van der Waals surface area contributed by atoms with E-state index >= 15 is 0 Å². The van der Waals surface area contributed by atoms with Crippen LogP contribution in [0.4, 0.5) is 27.6 Å². The van der Waals surface area contributed by atoms with Crippen LogP contribution >= 0.6 is 24.4 Å². The fourth-order valence-electron chi connectivity index (χ4n) is 2.02. The van der Waals surface area contributed by atoms with Gasteiger partial charge >= 0.3 is 6.18 Å². The molecule has 1 aromatic heterocycles. The Morgan fingerprint density at radius 3 is 2.41 bits per heavy atom. The minimum atomic E-state index is -4.91. The number of aryl methyl sites for hydroxylation is 1. The fourth-order valence-corrected chi connectivity index (χ4v) is 2.55. The Morgan fingerprint density at radius 1 is 1.26 bits per heavy atom. The molecule has 1 heterocycles. The summed E-state index contributed by atoms with van der Waals surface area (Å²) in [6, 6.07) is 2.61. The van der Waals surface area contributed by atoms with Gasteiger partial charge in [-0.25, -0.2) is 13.7 Å². The molecule has 0 saturated carbocycles. The highest BCUT2D eigenvalue weighted by Crippen LogP contribution is 2.31. The Balaban J connectivity index is 2.37. The monoisotopic (exact) mass is 423 g/mol. The van der Waals surface area contributed by atoms with Crippen molar-refractivity contribution in [1.29, 1.82) is 0 Å². The van der Waals surface area contributed by atoms with Crippen molar-refractivity contribution < 1.29 is 26.7 Å². The van der Waals surface area contributed by atoms with Gasteiger partial charge in [0.2, 0.25) is 0 Å². The molecule has 3 N–H and O–H groups in total. The van der Waals surface area contributed by atoms with Gasteiger partial charge in [0, 0.05) is 25.0 Å². The highest BCUT2D eigenvalue weighted by molar-refractivity contribution is 7.82. The van der Waals surface area contributed by atoms with Gasteiger partial charge < -0.3 is 11.1 Å². The zero-order valence-electron chi connectivity index (χ0n) is 13.3. The van der Waals surface area contributed by atoms with Crippen LogP contribution in [0.3, 0.4) is 0 Å². The van der Waals surface area contributed by atoms with Crippen LogP contribution in [-0.4, -0.2) is 30.8 Å². The summed E-state index contributed by atoms with van der Waals surface area (Å²) < 4.78 is 66.3. The molecule has 144 valence electrons. The topological polar surface area (TPSA) is 76.2 Å². The van der Waals surface area contributed by atoms with Gasteiger partial charge in [-0.1, -0.05) is 0 Å². The molecular weight excluding hydrogens is 413 g/mol. The van der Waals surface area contributed by atoms with E-state index in [0.717, 1.165) is 29.1 Å². The van der Waals surface area contributed by atoms with E-state index in [1.165, 1.54) is 7.05 Å². The highest BCUT2D eigenvalue weighted by atomic mass is 32.1. The van der Waals surface area contributed by atoms with E-state index in [-0.39, 0.29) is 5.69 Å². The zero-order chi connectivity index (χ0) is 20.5. The SMILES string of the molecule is Cn1cc(C(=O)N(C(N)=S)C(=S)Nc2ccc(F)c(F)c2)c(C(F)(F)F)n1. The summed E-state index contributed by atoms with van der Waals surface area (Å²) >= 11 is 9.62. The van der Waals surface area contributed by atoms with E-state index in [0.29, 0.717) is 4.90 Å². The molecule has 0 bridgehead atoms. The number of rotatable bonds is 2. The van der Waals surface area contributed by atoms with Crippen molar-refractivity contribution in [2.24, 2.45) is 12.8 Å². The molecule has 0 saturated heterocycles. The number of aromatic nitrogens is 2. The average Bonchev–Trinajstić information content (AvgIpc) is 2.93. The molecule has 0 spiro atoms. The van der Waals surface area contributed by atoms with E-state index in [4.69, 9.17) is 18.0 Å².